The Morgan fingerprint density at radius 1 is 1.44 bits per heavy atom. The molecule has 0 radical (unpaired) electrons. The second-order valence-corrected chi connectivity index (χ2v) is 3.52. The summed E-state index contributed by atoms with van der Waals surface area (Å²) in [4.78, 5) is 10.7. The van der Waals surface area contributed by atoms with Gasteiger partial charge >= 0.3 is 0 Å². The molecule has 2 unspecified atom stereocenters. The molecule has 0 aromatic heterocycles. The number of anilines is 1. The van der Waals surface area contributed by atoms with Crippen molar-refractivity contribution in [3.8, 4) is 0 Å². The highest BCUT2D eigenvalue weighted by Crippen LogP contribution is 2.24. The standard InChI is InChI=1S/C10H13FN2O3/c1-4-2-7(12)6(11)3-5(4)8(14)9(15)10(13)16/h2-3,8-9,14-15H,12H2,1H3,(H2,13,16). The zero-order valence-corrected chi connectivity index (χ0v) is 8.64. The third-order valence-corrected chi connectivity index (χ3v) is 2.29. The number of amides is 1. The van der Waals surface area contributed by atoms with Gasteiger partial charge in [0.05, 0.1) is 5.69 Å². The maximum absolute atomic E-state index is 13.2. The van der Waals surface area contributed by atoms with Gasteiger partial charge in [-0.1, -0.05) is 0 Å². The Hall–Kier alpha value is -1.66. The number of aryl methyl sites for hydroxylation is 1. The molecule has 6 heteroatoms. The van der Waals surface area contributed by atoms with E-state index < -0.39 is 23.9 Å². The van der Waals surface area contributed by atoms with E-state index in [2.05, 4.69) is 0 Å². The minimum Gasteiger partial charge on any atom is -0.396 e. The number of carbonyl (C=O) groups is 1. The van der Waals surface area contributed by atoms with Crippen molar-refractivity contribution in [3.05, 3.63) is 29.1 Å². The van der Waals surface area contributed by atoms with Crippen molar-refractivity contribution in [2.45, 2.75) is 19.1 Å². The first-order chi connectivity index (χ1) is 7.34. The smallest absolute Gasteiger partial charge is 0.249 e. The van der Waals surface area contributed by atoms with Crippen LogP contribution in [0.1, 0.15) is 17.2 Å². The Kier molecular flexibility index (Phi) is 3.46. The summed E-state index contributed by atoms with van der Waals surface area (Å²) in [6.07, 6.45) is -3.34. The molecule has 0 saturated carbocycles. The molecule has 1 rings (SSSR count). The van der Waals surface area contributed by atoms with Crippen LogP contribution in [0, 0.1) is 12.7 Å². The van der Waals surface area contributed by atoms with E-state index in [0.29, 0.717) is 5.56 Å². The summed E-state index contributed by atoms with van der Waals surface area (Å²) in [7, 11) is 0. The molecule has 5 nitrogen and oxygen atoms in total. The first kappa shape index (κ1) is 12.4. The van der Waals surface area contributed by atoms with E-state index >= 15 is 0 Å². The van der Waals surface area contributed by atoms with Crippen LogP contribution in [0.2, 0.25) is 0 Å². The average molecular weight is 228 g/mol. The maximum atomic E-state index is 13.2. The van der Waals surface area contributed by atoms with Crippen molar-refractivity contribution in [3.63, 3.8) is 0 Å². The summed E-state index contributed by atoms with van der Waals surface area (Å²) >= 11 is 0. The molecule has 16 heavy (non-hydrogen) atoms. The molecule has 1 amide bonds. The lowest BCUT2D eigenvalue weighted by Gasteiger charge is -2.17. The number of primary amides is 1. The molecule has 88 valence electrons. The van der Waals surface area contributed by atoms with Crippen LogP contribution in [-0.2, 0) is 4.79 Å². The van der Waals surface area contributed by atoms with E-state index in [-0.39, 0.29) is 11.3 Å². The predicted molar refractivity (Wildman–Crippen MR) is 55.7 cm³/mol. The Morgan fingerprint density at radius 2 is 2.00 bits per heavy atom. The van der Waals surface area contributed by atoms with E-state index in [9.17, 15) is 19.4 Å². The largest absolute Gasteiger partial charge is 0.396 e. The van der Waals surface area contributed by atoms with Gasteiger partial charge in [-0.2, -0.15) is 0 Å². The van der Waals surface area contributed by atoms with E-state index in [1.807, 2.05) is 0 Å². The van der Waals surface area contributed by atoms with Crippen LogP contribution < -0.4 is 11.5 Å². The zero-order valence-electron chi connectivity index (χ0n) is 8.64. The summed E-state index contributed by atoms with van der Waals surface area (Å²) < 4.78 is 13.2. The van der Waals surface area contributed by atoms with Crippen LogP contribution in [-0.4, -0.2) is 22.2 Å². The van der Waals surface area contributed by atoms with Crippen LogP contribution >= 0.6 is 0 Å². The molecule has 6 N–H and O–H groups in total. The van der Waals surface area contributed by atoms with E-state index in [1.54, 1.807) is 6.92 Å². The highest BCUT2D eigenvalue weighted by atomic mass is 19.1. The molecule has 0 bridgehead atoms. The van der Waals surface area contributed by atoms with Crippen LogP contribution in [0.25, 0.3) is 0 Å². The quantitative estimate of drug-likeness (QED) is 0.527. The van der Waals surface area contributed by atoms with Crippen molar-refractivity contribution >= 4 is 11.6 Å². The van der Waals surface area contributed by atoms with Gasteiger partial charge in [0, 0.05) is 0 Å². The molecule has 0 spiro atoms. The van der Waals surface area contributed by atoms with E-state index in [1.165, 1.54) is 6.07 Å². The van der Waals surface area contributed by atoms with Crippen molar-refractivity contribution in [1.29, 1.82) is 0 Å². The Labute approximate surface area is 91.5 Å². The van der Waals surface area contributed by atoms with Gasteiger partial charge in [-0.3, -0.25) is 4.79 Å². The van der Waals surface area contributed by atoms with Gasteiger partial charge in [0.2, 0.25) is 5.91 Å². The lowest BCUT2D eigenvalue weighted by atomic mass is 9.98. The third kappa shape index (κ3) is 2.29. The summed E-state index contributed by atoms with van der Waals surface area (Å²) in [5.41, 5.74) is 10.6. The summed E-state index contributed by atoms with van der Waals surface area (Å²) in [6, 6.07) is 2.28. The Morgan fingerprint density at radius 3 is 2.50 bits per heavy atom. The first-order valence-corrected chi connectivity index (χ1v) is 4.55. The number of hydrogen-bond donors (Lipinski definition) is 4. The predicted octanol–water partition coefficient (Wildman–Crippen LogP) is -0.404. The minimum absolute atomic E-state index is 0.0676. The van der Waals surface area contributed by atoms with E-state index in [0.717, 1.165) is 6.07 Å². The fourth-order valence-electron chi connectivity index (χ4n) is 1.36. The maximum Gasteiger partial charge on any atom is 0.249 e. The molecule has 0 saturated heterocycles. The van der Waals surface area contributed by atoms with Crippen molar-refractivity contribution in [2.75, 3.05) is 5.73 Å². The number of rotatable bonds is 3. The van der Waals surface area contributed by atoms with Gasteiger partial charge in [-0.15, -0.1) is 0 Å². The number of hydrogen-bond acceptors (Lipinski definition) is 4. The average Bonchev–Trinajstić information content (AvgIpc) is 2.21. The molecular weight excluding hydrogens is 215 g/mol. The molecular formula is C10H13FN2O3. The molecule has 2 atom stereocenters. The van der Waals surface area contributed by atoms with E-state index in [4.69, 9.17) is 11.5 Å². The normalized spacial score (nSPS) is 14.5. The monoisotopic (exact) mass is 228 g/mol. The van der Waals surface area contributed by atoms with Crippen LogP contribution in [0.5, 0.6) is 0 Å². The fraction of sp³-hybridized carbons (Fsp3) is 0.300. The van der Waals surface area contributed by atoms with Crippen molar-refractivity contribution < 1.29 is 19.4 Å². The van der Waals surface area contributed by atoms with Gasteiger partial charge in [-0.05, 0) is 30.2 Å². The number of carbonyl (C=O) groups excluding carboxylic acids is 1. The Bertz CT molecular complexity index is 423. The molecule has 0 aliphatic heterocycles. The summed E-state index contributed by atoms with van der Waals surface area (Å²) in [6.45, 7) is 1.57. The second kappa shape index (κ2) is 4.46. The number of halogens is 1. The van der Waals surface area contributed by atoms with Crippen LogP contribution in [0.4, 0.5) is 10.1 Å². The highest BCUT2D eigenvalue weighted by Gasteiger charge is 2.25. The number of nitrogens with two attached hydrogens (primary N) is 2. The van der Waals surface area contributed by atoms with Crippen LogP contribution in [0.15, 0.2) is 12.1 Å². The topological polar surface area (TPSA) is 110 Å². The zero-order chi connectivity index (χ0) is 12.5. The minimum atomic E-state index is -1.78. The van der Waals surface area contributed by atoms with Gasteiger partial charge in [-0.25, -0.2) is 4.39 Å². The SMILES string of the molecule is Cc1cc(N)c(F)cc1C(O)C(O)C(N)=O. The molecule has 0 aliphatic rings. The molecule has 0 aliphatic carbocycles. The number of aliphatic hydroxyl groups excluding tert-OH is 2. The summed E-state index contributed by atoms with van der Waals surface area (Å²) in [5.74, 6) is -1.81. The molecule has 0 fully saturated rings. The third-order valence-electron chi connectivity index (χ3n) is 2.29. The lowest BCUT2D eigenvalue weighted by Crippen LogP contribution is -2.34. The molecule has 1 aromatic carbocycles. The van der Waals surface area contributed by atoms with Gasteiger partial charge in [0.25, 0.3) is 0 Å². The first-order valence-electron chi connectivity index (χ1n) is 4.55. The van der Waals surface area contributed by atoms with Gasteiger partial charge in [0.15, 0.2) is 6.10 Å². The number of aliphatic hydroxyl groups is 2. The second-order valence-electron chi connectivity index (χ2n) is 3.52. The lowest BCUT2D eigenvalue weighted by molar-refractivity contribution is -0.132. The molecule has 1 aromatic rings. The van der Waals surface area contributed by atoms with Gasteiger partial charge < -0.3 is 21.7 Å². The van der Waals surface area contributed by atoms with Crippen LogP contribution in [0.3, 0.4) is 0 Å². The summed E-state index contributed by atoms with van der Waals surface area (Å²) in [5, 5.41) is 18.9. The number of nitrogen functional groups attached to an aromatic ring is 1. The van der Waals surface area contributed by atoms with Crippen molar-refractivity contribution in [1.82, 2.24) is 0 Å². The van der Waals surface area contributed by atoms with Gasteiger partial charge in [0.1, 0.15) is 11.9 Å². The fourth-order valence-corrected chi connectivity index (χ4v) is 1.36. The Balaban J connectivity index is 3.13. The van der Waals surface area contributed by atoms with Crippen molar-refractivity contribution in [2.24, 2.45) is 5.73 Å². The number of benzene rings is 1. The highest BCUT2D eigenvalue weighted by molar-refractivity contribution is 5.79. The molecule has 0 heterocycles.